The average Bonchev–Trinajstić information content (AvgIpc) is 2.17. The van der Waals surface area contributed by atoms with Crippen molar-refractivity contribution in [3.05, 3.63) is 29.3 Å². The van der Waals surface area contributed by atoms with E-state index in [0.29, 0.717) is 0 Å². The van der Waals surface area contributed by atoms with E-state index in [0.717, 1.165) is 13.1 Å². The summed E-state index contributed by atoms with van der Waals surface area (Å²) < 4.78 is 0. The van der Waals surface area contributed by atoms with Crippen molar-refractivity contribution in [1.82, 2.24) is 5.32 Å². The molecule has 0 heterocycles. The molecule has 0 spiro atoms. The molecule has 1 N–H and O–H groups in total. The maximum Gasteiger partial charge on any atom is 0.0393 e. The first-order valence-corrected chi connectivity index (χ1v) is 5.14. The van der Waals surface area contributed by atoms with E-state index in [9.17, 15) is 0 Å². The fourth-order valence-electron chi connectivity index (χ4n) is 1.63. The van der Waals surface area contributed by atoms with Crippen LogP contribution >= 0.6 is 0 Å². The topological polar surface area (TPSA) is 15.3 Å². The van der Waals surface area contributed by atoms with Gasteiger partial charge < -0.3 is 10.2 Å². The molecule has 14 heavy (non-hydrogen) atoms. The molecule has 0 radical (unpaired) electrons. The Labute approximate surface area is 86.9 Å². The van der Waals surface area contributed by atoms with Crippen LogP contribution in [0.2, 0.25) is 0 Å². The highest BCUT2D eigenvalue weighted by atomic mass is 15.1. The van der Waals surface area contributed by atoms with Gasteiger partial charge in [0.2, 0.25) is 0 Å². The van der Waals surface area contributed by atoms with Crippen LogP contribution in [-0.2, 0) is 6.54 Å². The Morgan fingerprint density at radius 1 is 1.36 bits per heavy atom. The summed E-state index contributed by atoms with van der Waals surface area (Å²) >= 11 is 0. The van der Waals surface area contributed by atoms with Gasteiger partial charge in [-0.3, -0.25) is 0 Å². The van der Waals surface area contributed by atoms with Gasteiger partial charge in [-0.15, -0.1) is 0 Å². The van der Waals surface area contributed by atoms with Crippen molar-refractivity contribution in [3.63, 3.8) is 0 Å². The van der Waals surface area contributed by atoms with Crippen LogP contribution < -0.4 is 10.2 Å². The van der Waals surface area contributed by atoms with Crippen LogP contribution in [0, 0.1) is 6.92 Å². The van der Waals surface area contributed by atoms with Crippen molar-refractivity contribution in [2.24, 2.45) is 0 Å². The van der Waals surface area contributed by atoms with E-state index in [1.165, 1.54) is 16.8 Å². The molecule has 1 aromatic rings. The minimum atomic E-state index is 0.941. The lowest BCUT2D eigenvalue weighted by molar-refractivity contribution is 0.816. The van der Waals surface area contributed by atoms with Gasteiger partial charge >= 0.3 is 0 Å². The Morgan fingerprint density at radius 2 is 2.07 bits per heavy atom. The molecule has 0 bridgehead atoms. The van der Waals surface area contributed by atoms with Crippen molar-refractivity contribution in [1.29, 1.82) is 0 Å². The van der Waals surface area contributed by atoms with Crippen LogP contribution in [0.1, 0.15) is 18.1 Å². The lowest BCUT2D eigenvalue weighted by Gasteiger charge is -2.19. The third-order valence-corrected chi connectivity index (χ3v) is 2.53. The highest BCUT2D eigenvalue weighted by molar-refractivity contribution is 5.53. The number of aryl methyl sites for hydroxylation is 1. The first kappa shape index (κ1) is 11.1. The molecule has 78 valence electrons. The van der Waals surface area contributed by atoms with Crippen LogP contribution in [-0.4, -0.2) is 20.6 Å². The molecule has 0 aliphatic rings. The zero-order chi connectivity index (χ0) is 10.6. The second kappa shape index (κ2) is 5.01. The smallest absolute Gasteiger partial charge is 0.0393 e. The fourth-order valence-corrected chi connectivity index (χ4v) is 1.63. The monoisotopic (exact) mass is 192 g/mol. The SMILES string of the molecule is CCN(C)c1ccc(CNC)cc1C. The van der Waals surface area contributed by atoms with Gasteiger partial charge in [0, 0.05) is 25.8 Å². The van der Waals surface area contributed by atoms with Gasteiger partial charge in [-0.1, -0.05) is 12.1 Å². The van der Waals surface area contributed by atoms with Gasteiger partial charge in [0.1, 0.15) is 0 Å². The number of nitrogens with one attached hydrogen (secondary N) is 1. The molecule has 0 saturated carbocycles. The molecule has 0 fully saturated rings. The van der Waals surface area contributed by atoms with Crippen LogP contribution in [0.4, 0.5) is 5.69 Å². The molecule has 2 heteroatoms. The molecule has 1 aromatic carbocycles. The molecule has 2 nitrogen and oxygen atoms in total. The first-order chi connectivity index (χ1) is 6.69. The minimum absolute atomic E-state index is 0.941. The fraction of sp³-hybridized carbons (Fsp3) is 0.500. The number of benzene rings is 1. The van der Waals surface area contributed by atoms with Crippen molar-refractivity contribution in [2.45, 2.75) is 20.4 Å². The molecular formula is C12H20N2. The number of hydrogen-bond acceptors (Lipinski definition) is 2. The second-order valence-electron chi connectivity index (χ2n) is 3.67. The first-order valence-electron chi connectivity index (χ1n) is 5.14. The van der Waals surface area contributed by atoms with Crippen molar-refractivity contribution in [2.75, 3.05) is 25.5 Å². The maximum atomic E-state index is 3.16. The van der Waals surface area contributed by atoms with Gasteiger partial charge in [-0.25, -0.2) is 0 Å². The summed E-state index contributed by atoms with van der Waals surface area (Å²) in [5.74, 6) is 0. The third-order valence-electron chi connectivity index (χ3n) is 2.53. The maximum absolute atomic E-state index is 3.16. The number of hydrogen-bond donors (Lipinski definition) is 1. The predicted octanol–water partition coefficient (Wildman–Crippen LogP) is 2.17. The van der Waals surface area contributed by atoms with Crippen molar-refractivity contribution < 1.29 is 0 Å². The number of nitrogens with zero attached hydrogens (tertiary/aromatic N) is 1. The molecule has 1 rings (SSSR count). The largest absolute Gasteiger partial charge is 0.375 e. The molecule has 0 saturated heterocycles. The highest BCUT2D eigenvalue weighted by Crippen LogP contribution is 2.19. The van der Waals surface area contributed by atoms with E-state index in [1.54, 1.807) is 0 Å². The highest BCUT2D eigenvalue weighted by Gasteiger charge is 2.02. The summed E-state index contributed by atoms with van der Waals surface area (Å²) in [5.41, 5.74) is 4.02. The molecule has 0 aliphatic carbocycles. The number of anilines is 1. The molecule has 0 atom stereocenters. The molecule has 0 aromatic heterocycles. The average molecular weight is 192 g/mol. The van der Waals surface area contributed by atoms with E-state index < -0.39 is 0 Å². The Morgan fingerprint density at radius 3 is 2.57 bits per heavy atom. The molecule has 0 unspecified atom stereocenters. The van der Waals surface area contributed by atoms with Crippen LogP contribution in [0.15, 0.2) is 18.2 Å². The molecule has 0 aliphatic heterocycles. The lowest BCUT2D eigenvalue weighted by Crippen LogP contribution is -2.17. The summed E-state index contributed by atoms with van der Waals surface area (Å²) in [4.78, 5) is 2.26. The normalized spacial score (nSPS) is 10.3. The summed E-state index contributed by atoms with van der Waals surface area (Å²) in [6.45, 7) is 6.32. The molecule has 0 amide bonds. The van der Waals surface area contributed by atoms with E-state index in [-0.39, 0.29) is 0 Å². The van der Waals surface area contributed by atoms with Crippen LogP contribution in [0.25, 0.3) is 0 Å². The van der Waals surface area contributed by atoms with Crippen molar-refractivity contribution >= 4 is 5.69 Å². The van der Waals surface area contributed by atoms with Gasteiger partial charge in [0.15, 0.2) is 0 Å². The minimum Gasteiger partial charge on any atom is -0.375 e. The van der Waals surface area contributed by atoms with Crippen LogP contribution in [0.5, 0.6) is 0 Å². The van der Waals surface area contributed by atoms with Gasteiger partial charge in [-0.2, -0.15) is 0 Å². The molecular weight excluding hydrogens is 172 g/mol. The van der Waals surface area contributed by atoms with E-state index in [4.69, 9.17) is 0 Å². The van der Waals surface area contributed by atoms with Gasteiger partial charge in [-0.05, 0) is 38.1 Å². The zero-order valence-corrected chi connectivity index (χ0v) is 9.59. The lowest BCUT2D eigenvalue weighted by atomic mass is 10.1. The number of rotatable bonds is 4. The Hall–Kier alpha value is -1.02. The van der Waals surface area contributed by atoms with Crippen molar-refractivity contribution in [3.8, 4) is 0 Å². The van der Waals surface area contributed by atoms with E-state index in [1.807, 2.05) is 7.05 Å². The Balaban J connectivity index is 2.89. The van der Waals surface area contributed by atoms with E-state index >= 15 is 0 Å². The predicted molar refractivity (Wildman–Crippen MR) is 62.9 cm³/mol. The second-order valence-corrected chi connectivity index (χ2v) is 3.67. The van der Waals surface area contributed by atoms with E-state index in [2.05, 4.69) is 49.3 Å². The zero-order valence-electron chi connectivity index (χ0n) is 9.59. The third kappa shape index (κ3) is 2.48. The standard InChI is InChI=1S/C12H20N2/c1-5-14(4)12-7-6-11(9-13-3)8-10(12)2/h6-8,13H,5,9H2,1-4H3. The summed E-state index contributed by atoms with van der Waals surface area (Å²) in [6.07, 6.45) is 0. The van der Waals surface area contributed by atoms with Gasteiger partial charge in [0.25, 0.3) is 0 Å². The summed E-state index contributed by atoms with van der Waals surface area (Å²) in [6, 6.07) is 6.63. The quantitative estimate of drug-likeness (QED) is 0.786. The van der Waals surface area contributed by atoms with Gasteiger partial charge in [0.05, 0.1) is 0 Å². The summed E-state index contributed by atoms with van der Waals surface area (Å²) in [5, 5.41) is 3.16. The summed E-state index contributed by atoms with van der Waals surface area (Å²) in [7, 11) is 4.10. The Bertz CT molecular complexity index is 294. The van der Waals surface area contributed by atoms with Crippen LogP contribution in [0.3, 0.4) is 0 Å². The Kier molecular flexibility index (Phi) is 3.96.